The van der Waals surface area contributed by atoms with Crippen molar-refractivity contribution in [3.05, 3.63) is 51.1 Å². The zero-order chi connectivity index (χ0) is 28.4. The van der Waals surface area contributed by atoms with E-state index in [9.17, 15) is 4.79 Å². The monoisotopic (exact) mass is 571 g/mol. The van der Waals surface area contributed by atoms with Crippen molar-refractivity contribution in [2.24, 2.45) is 33.5 Å². The number of nitrogens with one attached hydrogen (secondary N) is 1. The normalized spacial score (nSPS) is 30.9. The highest BCUT2D eigenvalue weighted by molar-refractivity contribution is 6.30. The summed E-state index contributed by atoms with van der Waals surface area (Å²) in [6.45, 7) is 8.48. The van der Waals surface area contributed by atoms with Crippen LogP contribution in [0, 0.1) is 17.8 Å². The van der Waals surface area contributed by atoms with Crippen molar-refractivity contribution < 1.29 is 14.0 Å². The van der Waals surface area contributed by atoms with Gasteiger partial charge < -0.3 is 20.1 Å². The molecule has 11 nitrogen and oxygen atoms in total. The summed E-state index contributed by atoms with van der Waals surface area (Å²) >= 11 is 6.39. The van der Waals surface area contributed by atoms with E-state index in [0.717, 1.165) is 36.8 Å². The van der Waals surface area contributed by atoms with Gasteiger partial charge in [-0.2, -0.15) is 0 Å². The number of hydrogen-bond donors (Lipinski definition) is 2. The molecule has 3 aliphatic rings. The number of nitrogens with zero attached hydrogens (tertiary/aromatic N) is 5. The molecule has 0 amide bonds. The van der Waals surface area contributed by atoms with Crippen molar-refractivity contribution in [1.82, 2.24) is 20.0 Å². The number of aliphatic imine (C=N–C) groups is 2. The lowest BCUT2D eigenvalue weighted by atomic mass is 9.80. The van der Waals surface area contributed by atoms with Gasteiger partial charge in [-0.3, -0.25) is 19.5 Å². The van der Waals surface area contributed by atoms with Gasteiger partial charge in [-0.05, 0) is 37.7 Å². The Labute approximate surface area is 238 Å². The molecule has 0 radical (unpaired) electrons. The molecule has 1 aliphatic carbocycles. The van der Waals surface area contributed by atoms with Crippen LogP contribution in [-0.4, -0.2) is 70.2 Å². The maximum absolute atomic E-state index is 11.6. The Morgan fingerprint density at radius 1 is 1.27 bits per heavy atom. The fraction of sp³-hybridized carbons (Fsp3) is 0.607. The molecule has 3 atom stereocenters. The van der Waals surface area contributed by atoms with Gasteiger partial charge in [-0.1, -0.05) is 43.4 Å². The summed E-state index contributed by atoms with van der Waals surface area (Å²) in [4.78, 5) is 30.8. The second kappa shape index (κ2) is 11.8. The first-order valence-electron chi connectivity index (χ1n) is 14.0. The molecule has 3 N–H and O–H groups in total. The van der Waals surface area contributed by atoms with Crippen LogP contribution in [-0.2, 0) is 9.47 Å². The average molecular weight is 572 g/mol. The fourth-order valence-electron chi connectivity index (χ4n) is 6.19. The van der Waals surface area contributed by atoms with Crippen molar-refractivity contribution in [2.45, 2.75) is 64.5 Å². The van der Waals surface area contributed by atoms with Crippen LogP contribution < -0.4 is 11.5 Å². The Morgan fingerprint density at radius 2 is 2.05 bits per heavy atom. The third-order valence-electron chi connectivity index (χ3n) is 8.49. The van der Waals surface area contributed by atoms with Crippen molar-refractivity contribution in [1.29, 1.82) is 0 Å². The van der Waals surface area contributed by atoms with E-state index in [0.29, 0.717) is 41.8 Å². The van der Waals surface area contributed by atoms with Gasteiger partial charge in [0.25, 0.3) is 0 Å². The lowest BCUT2D eigenvalue weighted by Gasteiger charge is -2.45. The summed E-state index contributed by atoms with van der Waals surface area (Å²) in [5.41, 5.74) is 7.86. The predicted octanol–water partition coefficient (Wildman–Crippen LogP) is 3.86. The predicted molar refractivity (Wildman–Crippen MR) is 153 cm³/mol. The van der Waals surface area contributed by atoms with E-state index >= 15 is 0 Å². The quantitative estimate of drug-likeness (QED) is 0.376. The number of halogens is 1. The lowest BCUT2D eigenvalue weighted by molar-refractivity contribution is -0.0902. The van der Waals surface area contributed by atoms with Gasteiger partial charge in [-0.25, -0.2) is 9.79 Å². The Kier molecular flexibility index (Phi) is 8.44. The van der Waals surface area contributed by atoms with Gasteiger partial charge in [-0.15, -0.1) is 0 Å². The fourth-order valence-corrected chi connectivity index (χ4v) is 6.36. The maximum Gasteiger partial charge on any atom is 0.439 e. The van der Waals surface area contributed by atoms with Crippen molar-refractivity contribution in [2.75, 3.05) is 26.9 Å². The SMILES string of the molecule is COC1(C2=NC(C)/C(=C(\N=C(N)c3noc(=O)[nH]3)c3cncc(Cl)c3)N2CC2CCC(C)CC2)CCOCC1C. The molecule has 2 aliphatic heterocycles. The van der Waals surface area contributed by atoms with Crippen LogP contribution in [0.15, 0.2) is 43.5 Å². The molecule has 3 unspecified atom stereocenters. The molecule has 0 spiro atoms. The van der Waals surface area contributed by atoms with E-state index in [-0.39, 0.29) is 23.6 Å². The highest BCUT2D eigenvalue weighted by Crippen LogP contribution is 2.42. The second-order valence-electron chi connectivity index (χ2n) is 11.3. The number of aromatic amines is 1. The molecule has 4 heterocycles. The molecule has 2 aromatic heterocycles. The third kappa shape index (κ3) is 5.59. The summed E-state index contributed by atoms with van der Waals surface area (Å²) in [6, 6.07) is 1.54. The van der Waals surface area contributed by atoms with Gasteiger partial charge in [0.1, 0.15) is 11.4 Å². The minimum atomic E-state index is -0.713. The molecular weight excluding hydrogens is 534 g/mol. The van der Waals surface area contributed by atoms with Gasteiger partial charge in [0.2, 0.25) is 5.82 Å². The molecule has 216 valence electrons. The van der Waals surface area contributed by atoms with Crippen LogP contribution in [0.5, 0.6) is 0 Å². The number of ether oxygens (including phenoxy) is 2. The van der Waals surface area contributed by atoms with Crippen LogP contribution in [0.25, 0.3) is 5.70 Å². The number of hydrogen-bond acceptors (Lipinski definition) is 9. The van der Waals surface area contributed by atoms with E-state index in [2.05, 4.69) is 38.4 Å². The minimum absolute atomic E-state index is 0.00121. The van der Waals surface area contributed by atoms with Gasteiger partial charge in [0, 0.05) is 50.6 Å². The van der Waals surface area contributed by atoms with E-state index < -0.39 is 11.4 Å². The molecule has 5 rings (SSSR count). The largest absolute Gasteiger partial charge is 0.439 e. The van der Waals surface area contributed by atoms with Gasteiger partial charge in [0.15, 0.2) is 5.84 Å². The van der Waals surface area contributed by atoms with Gasteiger partial charge >= 0.3 is 5.76 Å². The Morgan fingerprint density at radius 3 is 2.70 bits per heavy atom. The molecule has 40 heavy (non-hydrogen) atoms. The molecule has 0 aromatic carbocycles. The number of aromatic nitrogens is 3. The van der Waals surface area contributed by atoms with Gasteiger partial charge in [0.05, 0.1) is 29.1 Å². The molecule has 1 saturated heterocycles. The zero-order valence-corrected chi connectivity index (χ0v) is 24.3. The number of rotatable bonds is 7. The molecular formula is C28H38ClN7O4. The molecule has 2 aromatic rings. The van der Waals surface area contributed by atoms with Crippen LogP contribution in [0.1, 0.15) is 64.3 Å². The molecule has 12 heteroatoms. The zero-order valence-electron chi connectivity index (χ0n) is 23.5. The van der Waals surface area contributed by atoms with Crippen molar-refractivity contribution in [3.8, 4) is 0 Å². The number of pyridine rings is 1. The van der Waals surface area contributed by atoms with E-state index in [1.54, 1.807) is 25.6 Å². The van der Waals surface area contributed by atoms with Crippen molar-refractivity contribution >= 4 is 29.0 Å². The molecule has 2 fully saturated rings. The summed E-state index contributed by atoms with van der Waals surface area (Å²) in [7, 11) is 1.76. The molecule has 1 saturated carbocycles. The maximum atomic E-state index is 11.6. The van der Waals surface area contributed by atoms with Crippen LogP contribution in [0.4, 0.5) is 0 Å². The second-order valence-corrected chi connectivity index (χ2v) is 11.7. The summed E-state index contributed by atoms with van der Waals surface area (Å²) in [6.07, 6.45) is 8.66. The number of methoxy groups -OCH3 is 1. The summed E-state index contributed by atoms with van der Waals surface area (Å²) in [5, 5.41) is 4.19. The first-order valence-corrected chi connectivity index (χ1v) is 14.3. The Balaban J connectivity index is 1.68. The van der Waals surface area contributed by atoms with E-state index in [1.165, 1.54) is 12.8 Å². The first kappa shape index (κ1) is 28.5. The van der Waals surface area contributed by atoms with Crippen LogP contribution in [0.3, 0.4) is 0 Å². The summed E-state index contributed by atoms with van der Waals surface area (Å²) in [5.74, 6) is 1.54. The Hall–Kier alpha value is -3.02. The van der Waals surface area contributed by atoms with Crippen LogP contribution in [0.2, 0.25) is 5.02 Å². The van der Waals surface area contributed by atoms with Crippen molar-refractivity contribution in [3.63, 3.8) is 0 Å². The Bertz CT molecular complexity index is 1360. The van der Waals surface area contributed by atoms with Crippen LogP contribution >= 0.6 is 11.6 Å². The molecule has 0 bridgehead atoms. The minimum Gasteiger partial charge on any atom is -0.381 e. The highest BCUT2D eigenvalue weighted by Gasteiger charge is 2.50. The summed E-state index contributed by atoms with van der Waals surface area (Å²) < 4.78 is 16.8. The van der Waals surface area contributed by atoms with E-state index in [1.807, 2.05) is 6.92 Å². The smallest absolute Gasteiger partial charge is 0.381 e. The standard InChI is InChI=1S/C28H38ClN7O4/c1-16-5-7-19(8-6-16)14-36-23(18(3)32-26(36)28(38-4)9-10-39-15-17(28)2)22(20-11-21(29)13-31-12-20)33-24(30)25-34-27(37)40-35-25/h11-13,16-19H,5-10,14-15H2,1-4H3,(H2,30,33)(H,34,35,37)/b23-22+. The number of nitrogens with two attached hydrogens (primary N) is 1. The lowest BCUT2D eigenvalue weighted by Crippen LogP contribution is -2.57. The highest BCUT2D eigenvalue weighted by atomic mass is 35.5. The topological polar surface area (TPSA) is 144 Å². The number of amidine groups is 2. The average Bonchev–Trinajstić information content (AvgIpc) is 3.52. The first-order chi connectivity index (χ1) is 19.2. The third-order valence-corrected chi connectivity index (χ3v) is 8.70. The van der Waals surface area contributed by atoms with E-state index in [4.69, 9.17) is 36.8 Å². The number of H-pyrrole nitrogens is 1.